The predicted octanol–water partition coefficient (Wildman–Crippen LogP) is 4.56. The Morgan fingerprint density at radius 1 is 1.00 bits per heavy atom. The van der Waals surface area contributed by atoms with E-state index in [1.165, 1.54) is 0 Å². The van der Waals surface area contributed by atoms with Gasteiger partial charge in [0, 0.05) is 23.3 Å². The Labute approximate surface area is 156 Å². The van der Waals surface area contributed by atoms with Crippen molar-refractivity contribution in [3.05, 3.63) is 84.7 Å². The summed E-state index contributed by atoms with van der Waals surface area (Å²) in [5.41, 5.74) is 3.48. The average molecular weight is 355 g/mol. The predicted molar refractivity (Wildman–Crippen MR) is 106 cm³/mol. The minimum absolute atomic E-state index is 0.219. The normalized spacial score (nSPS) is 10.6. The number of hydrogen-bond donors (Lipinski definition) is 1. The molecule has 0 unspecified atom stereocenters. The van der Waals surface area contributed by atoms with E-state index in [0.717, 1.165) is 16.5 Å². The van der Waals surface area contributed by atoms with E-state index < -0.39 is 0 Å². The molecule has 2 heterocycles. The molecule has 0 aliphatic carbocycles. The third-order valence-corrected chi connectivity index (χ3v) is 4.27. The molecule has 0 aliphatic rings. The van der Waals surface area contributed by atoms with Crippen LogP contribution >= 0.6 is 0 Å². The number of para-hydroxylation sites is 3. The van der Waals surface area contributed by atoms with Crippen molar-refractivity contribution in [2.45, 2.75) is 0 Å². The van der Waals surface area contributed by atoms with E-state index in [2.05, 4.69) is 15.3 Å². The summed E-state index contributed by atoms with van der Waals surface area (Å²) in [6.45, 7) is 0. The lowest BCUT2D eigenvalue weighted by atomic mass is 10.0. The third kappa shape index (κ3) is 3.35. The molecule has 1 amide bonds. The van der Waals surface area contributed by atoms with E-state index in [9.17, 15) is 4.79 Å². The zero-order chi connectivity index (χ0) is 18.6. The summed E-state index contributed by atoms with van der Waals surface area (Å²) in [6.07, 6.45) is 3.44. The van der Waals surface area contributed by atoms with Gasteiger partial charge in [-0.1, -0.05) is 30.3 Å². The first-order valence-corrected chi connectivity index (χ1v) is 8.51. The summed E-state index contributed by atoms with van der Waals surface area (Å²) in [5.74, 6) is 0.389. The van der Waals surface area contributed by atoms with Gasteiger partial charge in [0.05, 0.1) is 29.6 Å². The highest BCUT2D eigenvalue weighted by molar-refractivity contribution is 6.13. The minimum atomic E-state index is -0.219. The number of nitrogens with one attached hydrogen (secondary N) is 1. The van der Waals surface area contributed by atoms with Crippen LogP contribution in [0.1, 0.15) is 10.4 Å². The van der Waals surface area contributed by atoms with Gasteiger partial charge in [-0.25, -0.2) is 4.98 Å². The van der Waals surface area contributed by atoms with Gasteiger partial charge < -0.3 is 10.1 Å². The molecule has 2 aromatic carbocycles. The number of ether oxygens (including phenoxy) is 1. The first-order chi connectivity index (χ1) is 13.3. The highest BCUT2D eigenvalue weighted by Crippen LogP contribution is 2.27. The number of anilines is 1. The standard InChI is InChI=1S/C22H17N3O2/c1-27-21-11-5-4-10-19(21)25-22(26)17-13-20(15-7-6-12-23-14-15)24-18-9-3-2-8-16(17)18/h2-14H,1H3,(H,25,26). The fourth-order valence-corrected chi connectivity index (χ4v) is 2.96. The van der Waals surface area contributed by atoms with Crippen molar-refractivity contribution in [2.75, 3.05) is 12.4 Å². The Balaban J connectivity index is 1.81. The Hall–Kier alpha value is -3.73. The van der Waals surface area contributed by atoms with Crippen LogP contribution in [0, 0.1) is 0 Å². The Kier molecular flexibility index (Phi) is 4.49. The molecular weight excluding hydrogens is 338 g/mol. The van der Waals surface area contributed by atoms with E-state index in [1.54, 1.807) is 31.6 Å². The summed E-state index contributed by atoms with van der Waals surface area (Å²) >= 11 is 0. The Morgan fingerprint density at radius 3 is 2.63 bits per heavy atom. The molecule has 0 fully saturated rings. The molecular formula is C22H17N3O2. The molecule has 2 aromatic heterocycles. The summed E-state index contributed by atoms with van der Waals surface area (Å²) in [5, 5.41) is 3.73. The topological polar surface area (TPSA) is 64.1 Å². The number of pyridine rings is 2. The van der Waals surface area contributed by atoms with Gasteiger partial charge in [0.1, 0.15) is 5.75 Å². The van der Waals surface area contributed by atoms with Crippen molar-refractivity contribution in [2.24, 2.45) is 0 Å². The molecule has 132 valence electrons. The van der Waals surface area contributed by atoms with Crippen LogP contribution in [0.5, 0.6) is 5.75 Å². The van der Waals surface area contributed by atoms with E-state index in [-0.39, 0.29) is 5.91 Å². The number of carbonyl (C=O) groups is 1. The lowest BCUT2D eigenvalue weighted by Crippen LogP contribution is -2.13. The molecule has 0 radical (unpaired) electrons. The van der Waals surface area contributed by atoms with Crippen LogP contribution in [0.25, 0.3) is 22.2 Å². The van der Waals surface area contributed by atoms with Gasteiger partial charge in [0.25, 0.3) is 5.91 Å². The van der Waals surface area contributed by atoms with E-state index >= 15 is 0 Å². The quantitative estimate of drug-likeness (QED) is 0.583. The number of rotatable bonds is 4. The van der Waals surface area contributed by atoms with Crippen LogP contribution in [0.4, 0.5) is 5.69 Å². The Morgan fingerprint density at radius 2 is 1.81 bits per heavy atom. The van der Waals surface area contributed by atoms with Gasteiger partial charge >= 0.3 is 0 Å². The summed E-state index contributed by atoms with van der Waals surface area (Å²) < 4.78 is 5.33. The van der Waals surface area contributed by atoms with Gasteiger partial charge in [-0.2, -0.15) is 0 Å². The molecule has 4 rings (SSSR count). The maximum absolute atomic E-state index is 13.1. The second-order valence-corrected chi connectivity index (χ2v) is 5.97. The fourth-order valence-electron chi connectivity index (χ4n) is 2.96. The summed E-state index contributed by atoms with van der Waals surface area (Å²) in [7, 11) is 1.58. The fraction of sp³-hybridized carbons (Fsp3) is 0.0455. The number of benzene rings is 2. The van der Waals surface area contributed by atoms with Crippen molar-refractivity contribution in [3.63, 3.8) is 0 Å². The number of amides is 1. The zero-order valence-electron chi connectivity index (χ0n) is 14.7. The van der Waals surface area contributed by atoms with Crippen LogP contribution in [-0.2, 0) is 0 Å². The third-order valence-electron chi connectivity index (χ3n) is 4.27. The van der Waals surface area contributed by atoms with Gasteiger partial charge in [-0.15, -0.1) is 0 Å². The van der Waals surface area contributed by atoms with Crippen LogP contribution in [0.15, 0.2) is 79.1 Å². The van der Waals surface area contributed by atoms with E-state index in [0.29, 0.717) is 22.7 Å². The van der Waals surface area contributed by atoms with Crippen molar-refractivity contribution in [1.29, 1.82) is 0 Å². The smallest absolute Gasteiger partial charge is 0.256 e. The second kappa shape index (κ2) is 7.25. The van der Waals surface area contributed by atoms with Gasteiger partial charge in [-0.3, -0.25) is 9.78 Å². The number of aromatic nitrogens is 2. The lowest BCUT2D eigenvalue weighted by Gasteiger charge is -2.12. The molecule has 5 heteroatoms. The summed E-state index contributed by atoms with van der Waals surface area (Å²) in [6, 6.07) is 20.5. The first kappa shape index (κ1) is 16.7. The molecule has 0 spiro atoms. The molecule has 5 nitrogen and oxygen atoms in total. The lowest BCUT2D eigenvalue weighted by molar-refractivity contribution is 0.102. The first-order valence-electron chi connectivity index (χ1n) is 8.51. The molecule has 0 aliphatic heterocycles. The van der Waals surface area contributed by atoms with Crippen LogP contribution in [0.2, 0.25) is 0 Å². The van der Waals surface area contributed by atoms with Crippen molar-refractivity contribution < 1.29 is 9.53 Å². The van der Waals surface area contributed by atoms with Crippen LogP contribution in [0.3, 0.4) is 0 Å². The number of fused-ring (bicyclic) bond motifs is 1. The zero-order valence-corrected chi connectivity index (χ0v) is 14.7. The monoisotopic (exact) mass is 355 g/mol. The van der Waals surface area contributed by atoms with Gasteiger partial charge in [0.15, 0.2) is 0 Å². The maximum Gasteiger partial charge on any atom is 0.256 e. The number of nitrogens with zero attached hydrogens (tertiary/aromatic N) is 2. The van der Waals surface area contributed by atoms with Crippen molar-refractivity contribution >= 4 is 22.5 Å². The highest BCUT2D eigenvalue weighted by Gasteiger charge is 2.15. The molecule has 0 bridgehead atoms. The Bertz CT molecular complexity index is 1110. The largest absolute Gasteiger partial charge is 0.495 e. The number of carbonyl (C=O) groups excluding carboxylic acids is 1. The highest BCUT2D eigenvalue weighted by atomic mass is 16.5. The molecule has 4 aromatic rings. The minimum Gasteiger partial charge on any atom is -0.495 e. The number of hydrogen-bond acceptors (Lipinski definition) is 4. The molecule has 0 saturated carbocycles. The van der Waals surface area contributed by atoms with Gasteiger partial charge in [0.2, 0.25) is 0 Å². The maximum atomic E-state index is 13.1. The van der Waals surface area contributed by atoms with E-state index in [1.807, 2.05) is 54.6 Å². The molecule has 0 saturated heterocycles. The second-order valence-electron chi connectivity index (χ2n) is 5.97. The summed E-state index contributed by atoms with van der Waals surface area (Å²) in [4.78, 5) is 21.9. The van der Waals surface area contributed by atoms with Crippen molar-refractivity contribution in [3.8, 4) is 17.0 Å². The van der Waals surface area contributed by atoms with Gasteiger partial charge in [-0.05, 0) is 36.4 Å². The number of methoxy groups -OCH3 is 1. The molecule has 1 N–H and O–H groups in total. The average Bonchev–Trinajstić information content (AvgIpc) is 2.74. The van der Waals surface area contributed by atoms with E-state index in [4.69, 9.17) is 4.74 Å². The van der Waals surface area contributed by atoms with Crippen LogP contribution < -0.4 is 10.1 Å². The van der Waals surface area contributed by atoms with Crippen molar-refractivity contribution in [1.82, 2.24) is 9.97 Å². The molecule has 27 heavy (non-hydrogen) atoms. The SMILES string of the molecule is COc1ccccc1NC(=O)c1cc(-c2cccnc2)nc2ccccc12. The molecule has 0 atom stereocenters. The van der Waals surface area contributed by atoms with Crippen LogP contribution in [-0.4, -0.2) is 23.0 Å².